The van der Waals surface area contributed by atoms with Crippen molar-refractivity contribution in [2.75, 3.05) is 6.54 Å². The van der Waals surface area contributed by atoms with Gasteiger partial charge in [0, 0.05) is 12.2 Å². The number of nitrogens with one attached hydrogen (secondary N) is 1. The maximum Gasteiger partial charge on any atom is 0.0650 e. The fourth-order valence-corrected chi connectivity index (χ4v) is 2.60. The minimum atomic E-state index is 0.813. The number of aromatic nitrogens is 2. The molecule has 1 aliphatic rings. The number of nitrogens with zero attached hydrogens (tertiary/aromatic N) is 2. The van der Waals surface area contributed by atoms with Crippen molar-refractivity contribution >= 4 is 0 Å². The van der Waals surface area contributed by atoms with Crippen LogP contribution in [-0.2, 0) is 6.42 Å². The predicted octanol–water partition coefficient (Wildman–Crippen LogP) is 3.17. The van der Waals surface area contributed by atoms with Gasteiger partial charge in [-0.1, -0.05) is 6.07 Å². The van der Waals surface area contributed by atoms with Gasteiger partial charge < -0.3 is 5.32 Å². The molecule has 0 saturated heterocycles. The second-order valence-corrected chi connectivity index (χ2v) is 5.97. The first-order valence-electron chi connectivity index (χ1n) is 7.56. The number of benzene rings is 1. The van der Waals surface area contributed by atoms with Crippen molar-refractivity contribution in [2.45, 2.75) is 45.6 Å². The lowest BCUT2D eigenvalue weighted by Gasteiger charge is -2.04. The molecule has 0 unspecified atom stereocenters. The van der Waals surface area contributed by atoms with Crippen LogP contribution >= 0.6 is 0 Å². The van der Waals surface area contributed by atoms with Crippen molar-refractivity contribution in [3.63, 3.8) is 0 Å². The molecule has 0 spiro atoms. The van der Waals surface area contributed by atoms with E-state index in [9.17, 15) is 0 Å². The van der Waals surface area contributed by atoms with E-state index in [0.717, 1.165) is 24.7 Å². The summed E-state index contributed by atoms with van der Waals surface area (Å²) in [4.78, 5) is 0. The molecule has 1 N–H and O–H groups in total. The zero-order valence-corrected chi connectivity index (χ0v) is 12.4. The summed E-state index contributed by atoms with van der Waals surface area (Å²) in [5, 5.41) is 8.04. The first-order chi connectivity index (χ1) is 9.70. The molecule has 0 atom stereocenters. The molecular formula is C17H23N3. The summed E-state index contributed by atoms with van der Waals surface area (Å²) in [6, 6.07) is 7.36. The Bertz CT molecular complexity index is 561. The fourth-order valence-electron chi connectivity index (χ4n) is 2.60. The van der Waals surface area contributed by atoms with Gasteiger partial charge in [-0.15, -0.1) is 0 Å². The highest BCUT2D eigenvalue weighted by Gasteiger charge is 2.19. The van der Waals surface area contributed by atoms with Crippen LogP contribution in [0.1, 0.15) is 36.0 Å². The number of hydrogen-bond donors (Lipinski definition) is 1. The maximum atomic E-state index is 4.49. The van der Waals surface area contributed by atoms with E-state index in [1.54, 1.807) is 0 Å². The molecule has 3 rings (SSSR count). The number of hydrogen-bond acceptors (Lipinski definition) is 2. The monoisotopic (exact) mass is 269 g/mol. The van der Waals surface area contributed by atoms with Crippen LogP contribution in [0.3, 0.4) is 0 Å². The average molecular weight is 269 g/mol. The van der Waals surface area contributed by atoms with Gasteiger partial charge in [-0.3, -0.25) is 0 Å². The third-order valence-corrected chi connectivity index (χ3v) is 3.76. The largest absolute Gasteiger partial charge is 0.314 e. The lowest BCUT2D eigenvalue weighted by atomic mass is 10.1. The van der Waals surface area contributed by atoms with E-state index in [1.165, 1.54) is 36.0 Å². The summed E-state index contributed by atoms with van der Waals surface area (Å²) < 4.78 is 1.99. The molecule has 2 aromatic rings. The van der Waals surface area contributed by atoms with E-state index in [4.69, 9.17) is 0 Å². The van der Waals surface area contributed by atoms with Crippen molar-refractivity contribution < 1.29 is 0 Å². The molecule has 20 heavy (non-hydrogen) atoms. The van der Waals surface area contributed by atoms with Gasteiger partial charge >= 0.3 is 0 Å². The van der Waals surface area contributed by atoms with Gasteiger partial charge in [-0.05, 0) is 74.9 Å². The van der Waals surface area contributed by atoms with Crippen LogP contribution in [0.15, 0.2) is 30.6 Å². The summed E-state index contributed by atoms with van der Waals surface area (Å²) in [5.41, 5.74) is 5.04. The lowest BCUT2D eigenvalue weighted by molar-refractivity contribution is 0.645. The molecule has 1 aromatic heterocycles. The Balaban J connectivity index is 1.60. The Morgan fingerprint density at radius 3 is 2.65 bits per heavy atom. The van der Waals surface area contributed by atoms with E-state index in [1.807, 2.05) is 10.9 Å². The number of aryl methyl sites for hydroxylation is 3. The van der Waals surface area contributed by atoms with E-state index in [2.05, 4.69) is 48.7 Å². The van der Waals surface area contributed by atoms with E-state index in [0.29, 0.717) is 0 Å². The Morgan fingerprint density at radius 2 is 1.95 bits per heavy atom. The van der Waals surface area contributed by atoms with Gasteiger partial charge in [-0.2, -0.15) is 5.10 Å². The van der Waals surface area contributed by atoms with Crippen LogP contribution < -0.4 is 5.32 Å². The van der Waals surface area contributed by atoms with Gasteiger partial charge in [0.25, 0.3) is 0 Å². The number of rotatable bonds is 6. The smallest absolute Gasteiger partial charge is 0.0650 e. The van der Waals surface area contributed by atoms with Crippen molar-refractivity contribution in [2.24, 2.45) is 0 Å². The molecule has 1 aliphatic carbocycles. The zero-order chi connectivity index (χ0) is 13.9. The third kappa shape index (κ3) is 3.48. The second-order valence-electron chi connectivity index (χ2n) is 5.97. The van der Waals surface area contributed by atoms with Gasteiger partial charge in [-0.25, -0.2) is 4.68 Å². The van der Waals surface area contributed by atoms with Crippen LogP contribution in [0.4, 0.5) is 0 Å². The molecule has 0 aliphatic heterocycles. The molecule has 3 heteroatoms. The summed E-state index contributed by atoms with van der Waals surface area (Å²) in [5.74, 6) is 0. The first kappa shape index (κ1) is 13.4. The summed E-state index contributed by atoms with van der Waals surface area (Å²) in [7, 11) is 0. The molecule has 0 bridgehead atoms. The van der Waals surface area contributed by atoms with E-state index in [-0.39, 0.29) is 0 Å². The highest BCUT2D eigenvalue weighted by Crippen LogP contribution is 2.18. The summed E-state index contributed by atoms with van der Waals surface area (Å²) >= 11 is 0. The third-order valence-electron chi connectivity index (χ3n) is 3.76. The predicted molar refractivity (Wildman–Crippen MR) is 82.4 cm³/mol. The molecule has 0 radical (unpaired) electrons. The van der Waals surface area contributed by atoms with Gasteiger partial charge in [0.2, 0.25) is 0 Å². The van der Waals surface area contributed by atoms with Crippen LogP contribution in [0, 0.1) is 13.8 Å². The highest BCUT2D eigenvalue weighted by molar-refractivity contribution is 5.39. The van der Waals surface area contributed by atoms with Crippen molar-refractivity contribution in [1.82, 2.24) is 15.1 Å². The van der Waals surface area contributed by atoms with Gasteiger partial charge in [0.05, 0.1) is 11.9 Å². The molecule has 1 saturated carbocycles. The SMILES string of the molecule is Cc1cc(C)cc(-n2cc(CCCNC3CC3)cn2)c1. The molecule has 0 amide bonds. The fraction of sp³-hybridized carbons (Fsp3) is 0.471. The second kappa shape index (κ2) is 5.80. The van der Waals surface area contributed by atoms with Crippen molar-refractivity contribution in [3.05, 3.63) is 47.3 Å². The maximum absolute atomic E-state index is 4.49. The standard InChI is InChI=1S/C17H23N3/c1-13-8-14(2)10-17(9-13)20-12-15(11-19-20)4-3-7-18-16-5-6-16/h8-12,16,18H,3-7H2,1-2H3. The molecular weight excluding hydrogens is 246 g/mol. The normalized spacial score (nSPS) is 14.7. The Labute approximate surface area is 121 Å². The quantitative estimate of drug-likeness (QED) is 0.816. The zero-order valence-electron chi connectivity index (χ0n) is 12.4. The Kier molecular flexibility index (Phi) is 3.88. The average Bonchev–Trinajstić information content (AvgIpc) is 3.10. The van der Waals surface area contributed by atoms with Crippen LogP contribution in [0.2, 0.25) is 0 Å². The molecule has 1 fully saturated rings. The minimum Gasteiger partial charge on any atom is -0.314 e. The first-order valence-corrected chi connectivity index (χ1v) is 7.56. The minimum absolute atomic E-state index is 0.813. The Hall–Kier alpha value is -1.61. The van der Waals surface area contributed by atoms with Crippen molar-refractivity contribution in [3.8, 4) is 5.69 Å². The van der Waals surface area contributed by atoms with E-state index >= 15 is 0 Å². The van der Waals surface area contributed by atoms with E-state index < -0.39 is 0 Å². The van der Waals surface area contributed by atoms with Gasteiger partial charge in [0.1, 0.15) is 0 Å². The Morgan fingerprint density at radius 1 is 1.20 bits per heavy atom. The van der Waals surface area contributed by atoms with Crippen LogP contribution in [-0.4, -0.2) is 22.4 Å². The topological polar surface area (TPSA) is 29.9 Å². The van der Waals surface area contributed by atoms with Gasteiger partial charge in [0.15, 0.2) is 0 Å². The summed E-state index contributed by atoms with van der Waals surface area (Å²) in [6.45, 7) is 5.38. The van der Waals surface area contributed by atoms with Crippen molar-refractivity contribution in [1.29, 1.82) is 0 Å². The highest BCUT2D eigenvalue weighted by atomic mass is 15.3. The molecule has 3 nitrogen and oxygen atoms in total. The van der Waals surface area contributed by atoms with Crippen LogP contribution in [0.25, 0.3) is 5.69 Å². The molecule has 106 valence electrons. The lowest BCUT2D eigenvalue weighted by Crippen LogP contribution is -2.17. The van der Waals surface area contributed by atoms with Crippen LogP contribution in [0.5, 0.6) is 0 Å². The molecule has 1 heterocycles. The molecule has 1 aromatic carbocycles. The summed E-state index contributed by atoms with van der Waals surface area (Å²) in [6.07, 6.45) is 9.18.